The second-order valence-electron chi connectivity index (χ2n) is 2.47. The molecule has 15 heavy (non-hydrogen) atoms. The third kappa shape index (κ3) is 6.16. The lowest BCUT2D eigenvalue weighted by Crippen LogP contribution is -2.14. The molecule has 6 heteroatoms. The maximum Gasteiger partial charge on any atom is 0.310 e. The van der Waals surface area contributed by atoms with E-state index in [2.05, 4.69) is 16.1 Å². The number of methoxy groups -OCH3 is 1. The average molecular weight is 224 g/mol. The Morgan fingerprint density at radius 1 is 1.47 bits per heavy atom. The zero-order valence-corrected chi connectivity index (χ0v) is 8.41. The molecule has 0 rings (SSSR count). The fraction of sp³-hybridized carbons (Fsp3) is 0.556. The van der Waals surface area contributed by atoms with Gasteiger partial charge in [-0.05, 0) is 0 Å². The quantitative estimate of drug-likeness (QED) is 0.292. The summed E-state index contributed by atoms with van der Waals surface area (Å²) in [5, 5.41) is 9.03. The Kier molecular flexibility index (Phi) is 7.79. The number of ether oxygens (including phenoxy) is 3. The predicted octanol–water partition coefficient (Wildman–Crippen LogP) is 1.28. The lowest BCUT2D eigenvalue weighted by atomic mass is 10.3. The van der Waals surface area contributed by atoms with Crippen molar-refractivity contribution < 1.29 is 28.1 Å². The summed E-state index contributed by atoms with van der Waals surface area (Å²) in [5.74, 6) is -0.845. The molecule has 1 atom stereocenters. The Morgan fingerprint density at radius 2 is 2.13 bits per heavy atom. The topological polar surface area (TPSA) is 47.9 Å². The van der Waals surface area contributed by atoms with Gasteiger partial charge in [-0.15, -0.1) is 6.58 Å². The van der Waals surface area contributed by atoms with Gasteiger partial charge in [0.2, 0.25) is 0 Å². The van der Waals surface area contributed by atoms with Crippen LogP contribution in [0.1, 0.15) is 0 Å². The van der Waals surface area contributed by atoms with Crippen molar-refractivity contribution in [3.63, 3.8) is 0 Å². The first kappa shape index (κ1) is 14.0. The number of hydrogen-bond donors (Lipinski definition) is 1. The van der Waals surface area contributed by atoms with Crippen LogP contribution in [0.15, 0.2) is 24.5 Å². The number of halogens is 2. The van der Waals surface area contributed by atoms with E-state index in [1.807, 2.05) is 0 Å². The van der Waals surface area contributed by atoms with Crippen molar-refractivity contribution in [1.82, 2.24) is 0 Å². The van der Waals surface area contributed by atoms with Gasteiger partial charge in [-0.1, -0.05) is 6.08 Å². The van der Waals surface area contributed by atoms with Crippen LogP contribution in [0.25, 0.3) is 0 Å². The van der Waals surface area contributed by atoms with Gasteiger partial charge in [0, 0.05) is 7.11 Å². The fourth-order valence-corrected chi connectivity index (χ4v) is 0.665. The maximum atomic E-state index is 12.2. The summed E-state index contributed by atoms with van der Waals surface area (Å²) < 4.78 is 38.3. The lowest BCUT2D eigenvalue weighted by molar-refractivity contribution is -0.0551. The van der Waals surface area contributed by atoms with E-state index in [9.17, 15) is 8.78 Å². The normalized spacial score (nSPS) is 12.0. The summed E-state index contributed by atoms with van der Waals surface area (Å²) in [5.41, 5.74) is 0. The van der Waals surface area contributed by atoms with Crippen LogP contribution in [-0.4, -0.2) is 38.3 Å². The molecule has 0 aliphatic carbocycles. The van der Waals surface area contributed by atoms with Gasteiger partial charge < -0.3 is 19.3 Å². The van der Waals surface area contributed by atoms with Crippen LogP contribution in [0, 0.1) is 0 Å². The molecule has 0 bridgehead atoms. The second-order valence-corrected chi connectivity index (χ2v) is 2.47. The zero-order chi connectivity index (χ0) is 11.7. The van der Waals surface area contributed by atoms with Crippen molar-refractivity contribution in [1.29, 1.82) is 0 Å². The van der Waals surface area contributed by atoms with Gasteiger partial charge in [0.15, 0.2) is 12.6 Å². The van der Waals surface area contributed by atoms with Crippen LogP contribution < -0.4 is 0 Å². The van der Waals surface area contributed by atoms with Crippen molar-refractivity contribution in [3.8, 4) is 0 Å². The van der Waals surface area contributed by atoms with Gasteiger partial charge >= 0.3 is 6.08 Å². The maximum absolute atomic E-state index is 12.2. The molecule has 0 heterocycles. The average Bonchev–Trinajstić information content (AvgIpc) is 2.22. The summed E-state index contributed by atoms with van der Waals surface area (Å²) in [4.78, 5) is 0. The molecule has 0 amide bonds. The van der Waals surface area contributed by atoms with Gasteiger partial charge in [-0.2, -0.15) is 8.78 Å². The minimum atomic E-state index is -2.10. The smallest absolute Gasteiger partial charge is 0.310 e. The Morgan fingerprint density at radius 3 is 2.60 bits per heavy atom. The van der Waals surface area contributed by atoms with Crippen LogP contribution in [0.5, 0.6) is 0 Å². The first-order valence-corrected chi connectivity index (χ1v) is 4.18. The Bertz CT molecular complexity index is 214. The van der Waals surface area contributed by atoms with Crippen molar-refractivity contribution in [3.05, 3.63) is 24.5 Å². The van der Waals surface area contributed by atoms with Crippen LogP contribution >= 0.6 is 0 Å². The summed E-state index contributed by atoms with van der Waals surface area (Å²) in [6, 6.07) is 0. The number of hydrogen-bond acceptors (Lipinski definition) is 4. The molecule has 0 saturated heterocycles. The summed E-state index contributed by atoms with van der Waals surface area (Å²) in [6.07, 6.45) is -2.69. The standard InChI is InChI=1S/C9H14F2O4/c1-3-7(12)8(9(10)11)15-6-14-5-4-13-2/h3,7,12H,1,4-6H2,2H3. The molecule has 0 aromatic heterocycles. The van der Waals surface area contributed by atoms with Gasteiger partial charge in [0.1, 0.15) is 6.10 Å². The van der Waals surface area contributed by atoms with E-state index in [1.165, 1.54) is 7.11 Å². The molecule has 88 valence electrons. The molecule has 0 aromatic rings. The van der Waals surface area contributed by atoms with E-state index in [1.54, 1.807) is 0 Å². The molecule has 0 fully saturated rings. The van der Waals surface area contributed by atoms with Crippen LogP contribution in [-0.2, 0) is 14.2 Å². The molecule has 0 saturated carbocycles. The van der Waals surface area contributed by atoms with Crippen molar-refractivity contribution >= 4 is 0 Å². The third-order valence-corrected chi connectivity index (χ3v) is 1.41. The molecule has 0 aliphatic heterocycles. The van der Waals surface area contributed by atoms with Crippen molar-refractivity contribution in [2.75, 3.05) is 27.1 Å². The molecule has 0 spiro atoms. The third-order valence-electron chi connectivity index (χ3n) is 1.41. The SMILES string of the molecule is C=CC(O)C(OCOCCOC)=C(F)F. The largest absolute Gasteiger partial charge is 0.463 e. The molecule has 1 unspecified atom stereocenters. The van der Waals surface area contributed by atoms with Gasteiger partial charge in [0.05, 0.1) is 13.2 Å². The van der Waals surface area contributed by atoms with Crippen molar-refractivity contribution in [2.24, 2.45) is 0 Å². The molecule has 0 aliphatic rings. The van der Waals surface area contributed by atoms with Crippen molar-refractivity contribution in [2.45, 2.75) is 6.10 Å². The van der Waals surface area contributed by atoms with E-state index in [0.717, 1.165) is 6.08 Å². The summed E-state index contributed by atoms with van der Waals surface area (Å²) in [6.45, 7) is 3.35. The van der Waals surface area contributed by atoms with Crippen LogP contribution in [0.4, 0.5) is 8.78 Å². The summed E-state index contributed by atoms with van der Waals surface area (Å²) in [7, 11) is 1.48. The highest BCUT2D eigenvalue weighted by atomic mass is 19.3. The molecule has 1 N–H and O–H groups in total. The first-order chi connectivity index (χ1) is 7.13. The van der Waals surface area contributed by atoms with Gasteiger partial charge in [-0.3, -0.25) is 0 Å². The Balaban J connectivity index is 3.89. The fourth-order valence-electron chi connectivity index (χ4n) is 0.665. The van der Waals surface area contributed by atoms with E-state index in [0.29, 0.717) is 6.61 Å². The first-order valence-electron chi connectivity index (χ1n) is 4.18. The van der Waals surface area contributed by atoms with E-state index in [4.69, 9.17) is 9.84 Å². The van der Waals surface area contributed by atoms with Crippen LogP contribution in [0.3, 0.4) is 0 Å². The second kappa shape index (κ2) is 8.34. The number of rotatable bonds is 8. The van der Waals surface area contributed by atoms with E-state index < -0.39 is 17.9 Å². The minimum absolute atomic E-state index is 0.224. The van der Waals surface area contributed by atoms with Crippen LogP contribution in [0.2, 0.25) is 0 Å². The highest BCUT2D eigenvalue weighted by Crippen LogP contribution is 2.14. The molecular weight excluding hydrogens is 210 g/mol. The molecule has 0 aromatic carbocycles. The highest BCUT2D eigenvalue weighted by molar-refractivity contribution is 5.07. The predicted molar refractivity (Wildman–Crippen MR) is 49.2 cm³/mol. The highest BCUT2D eigenvalue weighted by Gasteiger charge is 2.15. The summed E-state index contributed by atoms with van der Waals surface area (Å²) >= 11 is 0. The molecular formula is C9H14F2O4. The number of aliphatic hydroxyl groups excluding tert-OH is 1. The minimum Gasteiger partial charge on any atom is -0.463 e. The molecule has 0 radical (unpaired) electrons. The lowest BCUT2D eigenvalue weighted by Gasteiger charge is -2.12. The van der Waals surface area contributed by atoms with E-state index in [-0.39, 0.29) is 13.4 Å². The molecule has 4 nitrogen and oxygen atoms in total. The van der Waals surface area contributed by atoms with E-state index >= 15 is 0 Å². The Hall–Kier alpha value is -0.980. The van der Waals surface area contributed by atoms with Gasteiger partial charge in [-0.25, -0.2) is 0 Å². The number of aliphatic hydroxyl groups is 1. The zero-order valence-electron chi connectivity index (χ0n) is 8.41. The van der Waals surface area contributed by atoms with Gasteiger partial charge in [0.25, 0.3) is 0 Å². The Labute approximate surface area is 86.7 Å². The monoisotopic (exact) mass is 224 g/mol.